The van der Waals surface area contributed by atoms with Crippen LogP contribution in [0.25, 0.3) is 0 Å². The molecule has 2 fully saturated rings. The fraction of sp³-hybridized carbons (Fsp3) is 1.00. The highest BCUT2D eigenvalue weighted by Crippen LogP contribution is 2.35. The Kier molecular flexibility index (Phi) is 9.00. The zero-order valence-corrected chi connectivity index (χ0v) is 24.1. The van der Waals surface area contributed by atoms with Crippen molar-refractivity contribution in [2.45, 2.75) is 119 Å². The third-order valence-corrected chi connectivity index (χ3v) is 8.81. The van der Waals surface area contributed by atoms with E-state index in [2.05, 4.69) is 86.0 Å². The van der Waals surface area contributed by atoms with Gasteiger partial charge in [0.05, 0.1) is 25.2 Å². The van der Waals surface area contributed by atoms with Crippen LogP contribution in [0.5, 0.6) is 0 Å². The number of piperidine rings is 1. The van der Waals surface area contributed by atoms with Crippen molar-refractivity contribution >= 4 is 0 Å². The maximum absolute atomic E-state index is 2.82. The first kappa shape index (κ1) is 28.1. The number of hydrogen-bond acceptors (Lipinski definition) is 2. The summed E-state index contributed by atoms with van der Waals surface area (Å²) in [7, 11) is 0. The molecule has 2 saturated heterocycles. The van der Waals surface area contributed by atoms with E-state index in [-0.39, 0.29) is 0 Å². The molecule has 2 aliphatic rings. The number of nitrogens with zero attached hydrogens (tertiary/aromatic N) is 3. The van der Waals surface area contributed by atoms with Crippen LogP contribution in [-0.4, -0.2) is 77.7 Å². The molecule has 0 bridgehead atoms. The molecular formula is C29H60N3+. The molecule has 190 valence electrons. The minimum absolute atomic E-state index is 0.312. The van der Waals surface area contributed by atoms with Crippen LogP contribution in [0.15, 0.2) is 0 Å². The Morgan fingerprint density at radius 3 is 1.66 bits per heavy atom. The first-order chi connectivity index (χ1) is 14.4. The Hall–Kier alpha value is -0.120. The van der Waals surface area contributed by atoms with Gasteiger partial charge in [0.15, 0.2) is 0 Å². The highest BCUT2D eigenvalue weighted by atomic mass is 15.4. The minimum Gasteiger partial charge on any atom is -0.317 e. The van der Waals surface area contributed by atoms with E-state index >= 15 is 0 Å². The van der Waals surface area contributed by atoms with Gasteiger partial charge in [0, 0.05) is 25.0 Å². The van der Waals surface area contributed by atoms with Crippen molar-refractivity contribution in [3.8, 4) is 0 Å². The summed E-state index contributed by atoms with van der Waals surface area (Å²) in [5, 5.41) is 0. The van der Waals surface area contributed by atoms with E-state index in [0.29, 0.717) is 21.9 Å². The Morgan fingerprint density at radius 1 is 0.688 bits per heavy atom. The molecule has 0 N–H and O–H groups in total. The molecule has 0 aromatic rings. The van der Waals surface area contributed by atoms with Crippen LogP contribution in [0.4, 0.5) is 0 Å². The summed E-state index contributed by atoms with van der Waals surface area (Å²) in [4.78, 5) is 5.56. The molecule has 0 aromatic carbocycles. The third-order valence-electron chi connectivity index (χ3n) is 8.81. The summed E-state index contributed by atoms with van der Waals surface area (Å²) >= 11 is 0. The number of quaternary nitrogens is 1. The molecule has 0 amide bonds. The monoisotopic (exact) mass is 450 g/mol. The number of likely N-dealkylation sites (tertiary alicyclic amines) is 1. The molecule has 2 aliphatic heterocycles. The Labute approximate surface area is 202 Å². The van der Waals surface area contributed by atoms with Crippen molar-refractivity contribution in [2.75, 3.05) is 52.4 Å². The van der Waals surface area contributed by atoms with Gasteiger partial charge in [-0.1, -0.05) is 41.5 Å². The lowest BCUT2D eigenvalue weighted by Gasteiger charge is -2.54. The summed E-state index contributed by atoms with van der Waals surface area (Å²) in [5.74, 6) is 0.927. The summed E-state index contributed by atoms with van der Waals surface area (Å²) < 4.78 is 1.29. The van der Waals surface area contributed by atoms with Gasteiger partial charge in [0.1, 0.15) is 0 Å². The van der Waals surface area contributed by atoms with Crippen LogP contribution >= 0.6 is 0 Å². The first-order valence-corrected chi connectivity index (χ1v) is 13.8. The fourth-order valence-electron chi connectivity index (χ4n) is 6.09. The maximum atomic E-state index is 2.82. The lowest BCUT2D eigenvalue weighted by atomic mass is 9.79. The van der Waals surface area contributed by atoms with Gasteiger partial charge >= 0.3 is 0 Å². The smallest absolute Gasteiger partial charge is 0.0920 e. The molecule has 0 unspecified atom stereocenters. The Bertz CT molecular complexity index is 557. The maximum Gasteiger partial charge on any atom is 0.0920 e. The van der Waals surface area contributed by atoms with Gasteiger partial charge in [-0.15, -0.1) is 0 Å². The molecule has 3 nitrogen and oxygen atoms in total. The van der Waals surface area contributed by atoms with Crippen LogP contribution in [0.1, 0.15) is 108 Å². The van der Waals surface area contributed by atoms with Gasteiger partial charge < -0.3 is 4.48 Å². The number of piperazine rings is 1. The van der Waals surface area contributed by atoms with Crippen LogP contribution < -0.4 is 0 Å². The molecule has 2 heterocycles. The Balaban J connectivity index is 1.92. The number of rotatable bonds is 7. The molecule has 0 radical (unpaired) electrons. The number of hydrogen-bond donors (Lipinski definition) is 0. The first-order valence-electron chi connectivity index (χ1n) is 13.8. The van der Waals surface area contributed by atoms with Crippen LogP contribution in [0.3, 0.4) is 0 Å². The molecule has 0 atom stereocenters. The van der Waals surface area contributed by atoms with Crippen molar-refractivity contribution in [3.63, 3.8) is 0 Å². The summed E-state index contributed by atoms with van der Waals surface area (Å²) in [6, 6.07) is 0. The van der Waals surface area contributed by atoms with E-state index in [0.717, 1.165) is 5.92 Å². The molecule has 0 aromatic heterocycles. The lowest BCUT2D eigenvalue weighted by molar-refractivity contribution is -0.974. The molecule has 32 heavy (non-hydrogen) atoms. The van der Waals surface area contributed by atoms with Gasteiger partial charge in [0.25, 0.3) is 0 Å². The van der Waals surface area contributed by atoms with Crippen molar-refractivity contribution in [1.82, 2.24) is 9.80 Å². The standard InChI is InChI=1S/C29H60N3/c1-26(2,3)14-18-30-19-22-32(23-20-30,28(7,8)9)21-15-29(10,11)31-16-12-25(13-17-31)24-27(4,5)6/h25H,12-24H2,1-11H3/q+1. The highest BCUT2D eigenvalue weighted by Gasteiger charge is 2.44. The molecule has 2 rings (SSSR count). The van der Waals surface area contributed by atoms with Crippen molar-refractivity contribution in [3.05, 3.63) is 0 Å². The fourth-order valence-corrected chi connectivity index (χ4v) is 6.09. The van der Waals surface area contributed by atoms with Crippen molar-refractivity contribution in [1.29, 1.82) is 0 Å². The topological polar surface area (TPSA) is 6.48 Å². The molecule has 0 saturated carbocycles. The van der Waals surface area contributed by atoms with E-state index in [9.17, 15) is 0 Å². The predicted octanol–water partition coefficient (Wildman–Crippen LogP) is 6.67. The molecule has 0 spiro atoms. The average Bonchev–Trinajstić information content (AvgIpc) is 2.63. The van der Waals surface area contributed by atoms with Crippen LogP contribution in [-0.2, 0) is 0 Å². The minimum atomic E-state index is 0.312. The zero-order chi connectivity index (χ0) is 24.4. The molecule has 3 heteroatoms. The van der Waals surface area contributed by atoms with Gasteiger partial charge in [-0.25, -0.2) is 0 Å². The van der Waals surface area contributed by atoms with E-state index in [1.54, 1.807) is 0 Å². The summed E-state index contributed by atoms with van der Waals surface area (Å²) in [6.07, 6.45) is 6.79. The zero-order valence-electron chi connectivity index (χ0n) is 24.1. The summed E-state index contributed by atoms with van der Waals surface area (Å²) in [5.41, 5.74) is 1.55. The average molecular weight is 451 g/mol. The highest BCUT2D eigenvalue weighted by molar-refractivity contribution is 4.87. The van der Waals surface area contributed by atoms with Crippen LogP contribution in [0.2, 0.25) is 0 Å². The van der Waals surface area contributed by atoms with Gasteiger partial charge in [-0.3, -0.25) is 9.80 Å². The largest absolute Gasteiger partial charge is 0.317 e. The predicted molar refractivity (Wildman–Crippen MR) is 142 cm³/mol. The van der Waals surface area contributed by atoms with Gasteiger partial charge in [-0.05, 0) is 96.7 Å². The van der Waals surface area contributed by atoms with Crippen molar-refractivity contribution < 1.29 is 4.48 Å². The molecule has 0 aliphatic carbocycles. The Morgan fingerprint density at radius 2 is 1.22 bits per heavy atom. The lowest BCUT2D eigenvalue weighted by Crippen LogP contribution is -2.68. The second-order valence-electron chi connectivity index (χ2n) is 15.4. The normalized spacial score (nSPS) is 23.0. The quantitative estimate of drug-likeness (QED) is 0.400. The third kappa shape index (κ3) is 8.27. The van der Waals surface area contributed by atoms with E-state index in [1.165, 1.54) is 88.9 Å². The SMILES string of the molecule is CC(C)(C)CCN1CC[N+](CCC(C)(C)N2CCC(CC(C)(C)C)CC2)(C(C)(C)C)CC1. The van der Waals surface area contributed by atoms with E-state index in [1.807, 2.05) is 0 Å². The summed E-state index contributed by atoms with van der Waals surface area (Å²) in [6.45, 7) is 37.2. The second-order valence-corrected chi connectivity index (χ2v) is 15.4. The van der Waals surface area contributed by atoms with Crippen molar-refractivity contribution in [2.24, 2.45) is 16.7 Å². The van der Waals surface area contributed by atoms with Gasteiger partial charge in [0.2, 0.25) is 0 Å². The van der Waals surface area contributed by atoms with Crippen LogP contribution in [0, 0.1) is 16.7 Å². The second kappa shape index (κ2) is 10.2. The van der Waals surface area contributed by atoms with E-state index in [4.69, 9.17) is 0 Å². The van der Waals surface area contributed by atoms with Gasteiger partial charge in [-0.2, -0.15) is 0 Å². The molecular weight excluding hydrogens is 390 g/mol. The van der Waals surface area contributed by atoms with E-state index < -0.39 is 0 Å².